The van der Waals surface area contributed by atoms with Crippen LogP contribution in [-0.4, -0.2) is 11.1 Å². The molecule has 0 spiro atoms. The van der Waals surface area contributed by atoms with Crippen molar-refractivity contribution in [3.63, 3.8) is 0 Å². The third-order valence-corrected chi connectivity index (χ3v) is 9.99. The number of hydrogen-bond acceptors (Lipinski definition) is 2. The van der Waals surface area contributed by atoms with E-state index in [-0.39, 0.29) is 0 Å². The second-order valence-electron chi connectivity index (χ2n) is 14.7. The van der Waals surface area contributed by atoms with E-state index < -0.39 is 195 Å². The molecule has 0 amide bonds. The first kappa shape index (κ1) is 54.3. The van der Waals surface area contributed by atoms with Crippen LogP contribution in [-0.2, 0) is 49.4 Å². The topological polar surface area (TPSA) is 26.0 Å². The summed E-state index contributed by atoms with van der Waals surface area (Å²) in [5, 5.41) is 0. The van der Waals surface area contributed by atoms with E-state index in [1.165, 1.54) is 0 Å². The molecule has 5 aromatic carbocycles. The third-order valence-electron chi connectivity index (χ3n) is 9.99. The number of aromatic nitrogens is 2. The van der Waals surface area contributed by atoms with E-state index in [0.29, 0.717) is 0 Å². The summed E-state index contributed by atoms with van der Waals surface area (Å²) in [6.07, 6.45) is -48.0. The van der Waals surface area contributed by atoms with Gasteiger partial charge in [-0.25, -0.2) is 4.84 Å². The highest BCUT2D eigenvalue weighted by molar-refractivity contribution is 7.20. The number of nitrogens with zero attached hydrogens (tertiary/aromatic N) is 2. The van der Waals surface area contributed by atoms with Crippen LogP contribution in [0.2, 0.25) is 0 Å². The van der Waals surface area contributed by atoms with Crippen LogP contribution in [0.25, 0.3) is 0 Å². The van der Waals surface area contributed by atoms with E-state index in [9.17, 15) is 105 Å². The number of para-hydroxylation sites is 1. The molecule has 0 atom stereocenters. The van der Waals surface area contributed by atoms with Gasteiger partial charge >= 0.3 is 49.4 Å². The van der Waals surface area contributed by atoms with Gasteiger partial charge < -0.3 is 0 Å². The number of halogens is 24. The molecule has 1 aromatic heterocycles. The van der Waals surface area contributed by atoms with Crippen LogP contribution in [0.1, 0.15) is 44.5 Å². The van der Waals surface area contributed by atoms with Crippen molar-refractivity contribution in [2.75, 3.05) is 0 Å². The first-order valence-corrected chi connectivity index (χ1v) is 18.6. The number of hydrogen-bond donors (Lipinski definition) is 0. The maximum Gasteiger partial charge on any atom is 0.416 e. The van der Waals surface area contributed by atoms with Gasteiger partial charge in [-0.2, -0.15) is 127 Å². The summed E-state index contributed by atoms with van der Waals surface area (Å²) in [5.74, 6) is 0.804. The Labute approximate surface area is 375 Å². The molecule has 0 N–H and O–H groups in total. The quantitative estimate of drug-likeness (QED) is 0.0944. The summed E-state index contributed by atoms with van der Waals surface area (Å²) in [6, 6.07) is 0.786. The molecule has 0 radical (unpaired) electrons. The standard InChI is InChI=1S/C32H12BF24.C10H9N2O/c34-25(35,36)13-1-14(26(37,38)39)6-21(5-13)33(22-7-15(27(40,41)42)2-16(8-22)28(43,44)45,23-9-17(29(46,47)48)3-18(10-23)30(49,50)51)24-11-19(31(52,53)54)4-20(12-24)32(55,56)57;1-2-4-10(5-3-1)13-12-8-6-11-7-9-12/h1-12H;1-9H/q-1;+1. The van der Waals surface area contributed by atoms with Crippen LogP contribution < -0.4 is 31.4 Å². The Morgan fingerprint density at radius 2 is 0.529 bits per heavy atom. The molecule has 0 aliphatic rings. The van der Waals surface area contributed by atoms with Gasteiger partial charge in [-0.1, -0.05) is 66.7 Å². The monoisotopic (exact) mass is 1040 g/mol. The van der Waals surface area contributed by atoms with Gasteiger partial charge in [-0.05, 0) is 36.4 Å². The third kappa shape index (κ3) is 12.6. The zero-order valence-corrected chi connectivity index (χ0v) is 33.6. The second kappa shape index (κ2) is 18.6. The van der Waals surface area contributed by atoms with Crippen LogP contribution in [0.3, 0.4) is 0 Å². The van der Waals surface area contributed by atoms with Crippen molar-refractivity contribution in [1.82, 2.24) is 4.98 Å². The largest absolute Gasteiger partial charge is 0.416 e. The maximum atomic E-state index is 14.2. The Kier molecular flexibility index (Phi) is 14.4. The molecule has 0 aliphatic heterocycles. The SMILES string of the molecule is FC(F)(F)c1cc([B-](c2cc(C(F)(F)F)cc(C(F)(F)F)c2)(c2cc(C(F)(F)F)cc(C(F)(F)F)c2)c2cc(C(F)(F)F)cc(C(F)(F)F)c2)cc(C(F)(F)F)c1.c1ccc(O[n+]2ccncc2)cc1. The minimum atomic E-state index is -6.13. The van der Waals surface area contributed by atoms with Gasteiger partial charge in [0.2, 0.25) is 18.1 Å². The highest BCUT2D eigenvalue weighted by atomic mass is 19.4. The number of benzene rings is 5. The fraction of sp³-hybridized carbons (Fsp3) is 0.190. The van der Waals surface area contributed by atoms with Crippen molar-refractivity contribution in [3.05, 3.63) is 172 Å². The summed E-state index contributed by atoms with van der Waals surface area (Å²) in [4.78, 5) is 9.34. The molecular formula is C42H21BF24N2O. The highest BCUT2D eigenvalue weighted by Crippen LogP contribution is 2.41. The average Bonchev–Trinajstić information content (AvgIpc) is 3.22. The predicted molar refractivity (Wildman–Crippen MR) is 197 cm³/mol. The van der Waals surface area contributed by atoms with Gasteiger partial charge in [-0.15, -0.1) is 0 Å². The molecule has 3 nitrogen and oxygen atoms in total. The number of rotatable bonds is 6. The molecule has 28 heteroatoms. The van der Waals surface area contributed by atoms with Gasteiger partial charge in [-0.3, -0.25) is 4.98 Å². The van der Waals surface area contributed by atoms with Crippen LogP contribution in [0.5, 0.6) is 5.75 Å². The summed E-state index contributed by atoms with van der Waals surface area (Å²) in [5.41, 5.74) is -30.2. The molecule has 0 aliphatic carbocycles. The van der Waals surface area contributed by atoms with Crippen molar-refractivity contribution in [2.24, 2.45) is 0 Å². The van der Waals surface area contributed by atoms with Crippen LogP contribution >= 0.6 is 0 Å². The highest BCUT2D eigenvalue weighted by Gasteiger charge is 2.47. The van der Waals surface area contributed by atoms with Crippen molar-refractivity contribution in [1.29, 1.82) is 0 Å². The predicted octanol–water partition coefficient (Wildman–Crippen LogP) is 12.4. The van der Waals surface area contributed by atoms with E-state index in [1.54, 1.807) is 29.5 Å². The normalized spacial score (nSPS) is 13.4. The van der Waals surface area contributed by atoms with Crippen LogP contribution in [0.15, 0.2) is 128 Å². The molecule has 0 bridgehead atoms. The minimum Gasteiger partial charge on any atom is -0.252 e. The number of alkyl halides is 24. The Morgan fingerprint density at radius 1 is 0.314 bits per heavy atom. The first-order chi connectivity index (χ1) is 31.7. The van der Waals surface area contributed by atoms with Crippen molar-refractivity contribution in [3.8, 4) is 5.75 Å². The summed E-state index contributed by atoms with van der Waals surface area (Å²) >= 11 is 0. The van der Waals surface area contributed by atoms with E-state index in [2.05, 4.69) is 4.98 Å². The lowest BCUT2D eigenvalue weighted by atomic mass is 9.12. The lowest BCUT2D eigenvalue weighted by molar-refractivity contribution is -0.875. The molecule has 1 heterocycles. The zero-order valence-electron chi connectivity index (χ0n) is 33.6. The Bertz CT molecular complexity index is 2310. The van der Waals surface area contributed by atoms with Gasteiger partial charge in [0.25, 0.3) is 0 Å². The lowest BCUT2D eigenvalue weighted by Crippen LogP contribution is -2.75. The van der Waals surface area contributed by atoms with Crippen molar-refractivity contribution >= 4 is 28.0 Å². The van der Waals surface area contributed by atoms with Gasteiger partial charge in [0, 0.05) is 4.73 Å². The van der Waals surface area contributed by atoms with Crippen molar-refractivity contribution in [2.45, 2.75) is 49.4 Å². The molecule has 0 saturated heterocycles. The molecule has 6 rings (SSSR count). The molecule has 6 aromatic rings. The average molecular weight is 1040 g/mol. The maximum absolute atomic E-state index is 14.2. The molecule has 0 fully saturated rings. The van der Waals surface area contributed by atoms with E-state index in [0.717, 1.165) is 5.75 Å². The van der Waals surface area contributed by atoms with Gasteiger partial charge in [0.15, 0.2) is 0 Å². The van der Waals surface area contributed by atoms with Crippen LogP contribution in [0.4, 0.5) is 105 Å². The molecule has 70 heavy (non-hydrogen) atoms. The van der Waals surface area contributed by atoms with E-state index in [4.69, 9.17) is 4.84 Å². The minimum absolute atomic E-state index is 0.691. The Morgan fingerprint density at radius 3 is 0.729 bits per heavy atom. The summed E-state index contributed by atoms with van der Waals surface area (Å²) in [6.45, 7) is 0. The smallest absolute Gasteiger partial charge is 0.252 e. The molecule has 0 saturated carbocycles. The van der Waals surface area contributed by atoms with E-state index >= 15 is 0 Å². The lowest BCUT2D eigenvalue weighted by Gasteiger charge is -2.46. The summed E-state index contributed by atoms with van der Waals surface area (Å²) < 4.78 is 342. The summed E-state index contributed by atoms with van der Waals surface area (Å²) in [7, 11) is 0. The fourth-order valence-corrected chi connectivity index (χ4v) is 7.04. The molecule has 376 valence electrons. The Balaban J connectivity index is 0.000000600. The van der Waals surface area contributed by atoms with Gasteiger partial charge in [0.1, 0.15) is 6.15 Å². The Hall–Kier alpha value is -6.64. The second-order valence-corrected chi connectivity index (χ2v) is 14.7. The van der Waals surface area contributed by atoms with E-state index in [1.807, 2.05) is 30.3 Å². The van der Waals surface area contributed by atoms with Crippen LogP contribution in [0, 0.1) is 0 Å². The van der Waals surface area contributed by atoms with Crippen molar-refractivity contribution < 1.29 is 115 Å². The fourth-order valence-electron chi connectivity index (χ4n) is 7.04. The molecular weight excluding hydrogens is 1020 g/mol. The first-order valence-electron chi connectivity index (χ1n) is 18.6. The molecule has 0 unspecified atom stereocenters. The zero-order chi connectivity index (χ0) is 52.8. The van der Waals surface area contributed by atoms with Gasteiger partial charge in [0.05, 0.1) is 56.9 Å².